The van der Waals surface area contributed by atoms with Crippen LogP contribution in [0, 0.1) is 5.82 Å². The van der Waals surface area contributed by atoms with Crippen molar-refractivity contribution in [3.05, 3.63) is 58.6 Å². The minimum atomic E-state index is -0.649. The van der Waals surface area contributed by atoms with Crippen LogP contribution in [0.25, 0.3) is 0 Å². The molecule has 0 atom stereocenters. The summed E-state index contributed by atoms with van der Waals surface area (Å²) in [5, 5.41) is 3.13. The minimum Gasteiger partial charge on any atom is -0.489 e. The summed E-state index contributed by atoms with van der Waals surface area (Å²) in [6.07, 6.45) is 0.708. The standard InChI is InChI=1S/C20H17ClFN5O4/c21-14-8-11(9-15-17(14)30-7-1-6-29-15)18(28)31-10-16-25-19(23)27-20(26-16)24-13-4-2-12(22)3-5-13/h2-5,8-9H,1,6-7,10H2,(H3,23,24,25,26,27). The molecule has 0 saturated heterocycles. The second-order valence-electron chi connectivity index (χ2n) is 6.48. The number of ether oxygens (including phenoxy) is 3. The predicted molar refractivity (Wildman–Crippen MR) is 110 cm³/mol. The normalized spacial score (nSPS) is 12.7. The Labute approximate surface area is 181 Å². The van der Waals surface area contributed by atoms with Crippen molar-refractivity contribution in [1.29, 1.82) is 0 Å². The van der Waals surface area contributed by atoms with Crippen molar-refractivity contribution in [3.8, 4) is 11.5 Å². The number of halogens is 2. The van der Waals surface area contributed by atoms with Gasteiger partial charge in [0.05, 0.1) is 23.8 Å². The molecule has 0 saturated carbocycles. The molecule has 3 N–H and O–H groups in total. The number of aromatic nitrogens is 3. The molecule has 31 heavy (non-hydrogen) atoms. The van der Waals surface area contributed by atoms with Gasteiger partial charge in [0.15, 0.2) is 23.9 Å². The lowest BCUT2D eigenvalue weighted by molar-refractivity contribution is 0.0461. The molecule has 0 spiro atoms. The van der Waals surface area contributed by atoms with Gasteiger partial charge >= 0.3 is 5.97 Å². The Hall–Kier alpha value is -3.66. The van der Waals surface area contributed by atoms with E-state index in [1.165, 1.54) is 36.4 Å². The van der Waals surface area contributed by atoms with Gasteiger partial charge in [0, 0.05) is 12.1 Å². The summed E-state index contributed by atoms with van der Waals surface area (Å²) in [7, 11) is 0. The lowest BCUT2D eigenvalue weighted by Crippen LogP contribution is -2.11. The van der Waals surface area contributed by atoms with Crippen LogP contribution in [-0.2, 0) is 11.3 Å². The van der Waals surface area contributed by atoms with E-state index in [1.807, 2.05) is 0 Å². The molecule has 0 aliphatic carbocycles. The summed E-state index contributed by atoms with van der Waals surface area (Å²) in [5.74, 6) is -0.0451. The van der Waals surface area contributed by atoms with Crippen molar-refractivity contribution in [2.24, 2.45) is 0 Å². The van der Waals surface area contributed by atoms with Gasteiger partial charge in [-0.3, -0.25) is 0 Å². The van der Waals surface area contributed by atoms with Gasteiger partial charge in [-0.2, -0.15) is 15.0 Å². The summed E-state index contributed by atoms with van der Waals surface area (Å²) >= 11 is 6.22. The first kappa shape index (κ1) is 20.6. The number of hydrogen-bond acceptors (Lipinski definition) is 9. The Balaban J connectivity index is 1.46. The molecule has 11 heteroatoms. The van der Waals surface area contributed by atoms with Crippen LogP contribution in [0.3, 0.4) is 0 Å². The molecular formula is C20H17ClFN5O4. The molecule has 9 nitrogen and oxygen atoms in total. The quantitative estimate of drug-likeness (QED) is 0.568. The van der Waals surface area contributed by atoms with E-state index >= 15 is 0 Å². The lowest BCUT2D eigenvalue weighted by Gasteiger charge is -2.11. The van der Waals surface area contributed by atoms with E-state index in [-0.39, 0.29) is 40.7 Å². The van der Waals surface area contributed by atoms with Gasteiger partial charge in [-0.05, 0) is 36.4 Å². The van der Waals surface area contributed by atoms with Crippen LogP contribution >= 0.6 is 11.6 Å². The maximum Gasteiger partial charge on any atom is 0.338 e. The minimum absolute atomic E-state index is 0.0655. The Bertz CT molecular complexity index is 1110. The third-order valence-electron chi connectivity index (χ3n) is 4.17. The smallest absolute Gasteiger partial charge is 0.338 e. The molecular weight excluding hydrogens is 429 g/mol. The zero-order valence-corrected chi connectivity index (χ0v) is 16.9. The average Bonchev–Trinajstić information content (AvgIpc) is 2.99. The number of carbonyl (C=O) groups excluding carboxylic acids is 1. The van der Waals surface area contributed by atoms with Crippen LogP contribution in [0.2, 0.25) is 5.02 Å². The van der Waals surface area contributed by atoms with Crippen LogP contribution in [0.5, 0.6) is 11.5 Å². The Morgan fingerprint density at radius 2 is 1.94 bits per heavy atom. The second kappa shape index (κ2) is 9.00. The summed E-state index contributed by atoms with van der Waals surface area (Å²) in [6.45, 7) is 0.678. The molecule has 0 bridgehead atoms. The highest BCUT2D eigenvalue weighted by atomic mass is 35.5. The topological polar surface area (TPSA) is 121 Å². The number of nitrogens with one attached hydrogen (secondary N) is 1. The van der Waals surface area contributed by atoms with Gasteiger partial charge in [0.2, 0.25) is 11.9 Å². The highest BCUT2D eigenvalue weighted by molar-refractivity contribution is 6.32. The number of nitrogen functional groups attached to an aromatic ring is 1. The number of carbonyl (C=O) groups is 1. The Morgan fingerprint density at radius 3 is 2.74 bits per heavy atom. The number of anilines is 3. The van der Waals surface area contributed by atoms with Crippen molar-refractivity contribution in [2.45, 2.75) is 13.0 Å². The maximum absolute atomic E-state index is 13.0. The fourth-order valence-electron chi connectivity index (χ4n) is 2.78. The number of esters is 1. The van der Waals surface area contributed by atoms with E-state index in [0.29, 0.717) is 36.8 Å². The molecule has 0 amide bonds. The van der Waals surface area contributed by atoms with Crippen molar-refractivity contribution in [1.82, 2.24) is 15.0 Å². The number of nitrogens with zero attached hydrogens (tertiary/aromatic N) is 3. The number of hydrogen-bond donors (Lipinski definition) is 2. The van der Waals surface area contributed by atoms with E-state index in [9.17, 15) is 9.18 Å². The molecule has 0 radical (unpaired) electrons. The van der Waals surface area contributed by atoms with E-state index in [1.54, 1.807) is 0 Å². The number of fused-ring (bicyclic) bond motifs is 1. The Kier molecular flexibility index (Phi) is 5.99. The second-order valence-corrected chi connectivity index (χ2v) is 6.88. The molecule has 3 aromatic rings. The van der Waals surface area contributed by atoms with Crippen LogP contribution in [0.15, 0.2) is 36.4 Å². The third kappa shape index (κ3) is 5.10. The molecule has 2 aromatic carbocycles. The van der Waals surface area contributed by atoms with Crippen molar-refractivity contribution >= 4 is 35.2 Å². The van der Waals surface area contributed by atoms with Crippen molar-refractivity contribution in [2.75, 3.05) is 24.3 Å². The summed E-state index contributed by atoms with van der Waals surface area (Å²) in [6, 6.07) is 8.57. The first-order chi connectivity index (χ1) is 15.0. The van der Waals surface area contributed by atoms with Gasteiger partial charge in [0.1, 0.15) is 5.82 Å². The van der Waals surface area contributed by atoms with E-state index in [2.05, 4.69) is 20.3 Å². The van der Waals surface area contributed by atoms with Crippen LogP contribution < -0.4 is 20.5 Å². The summed E-state index contributed by atoms with van der Waals surface area (Å²) < 4.78 is 29.5. The molecule has 1 aliphatic rings. The molecule has 160 valence electrons. The first-order valence-corrected chi connectivity index (χ1v) is 9.65. The largest absolute Gasteiger partial charge is 0.489 e. The van der Waals surface area contributed by atoms with E-state index in [4.69, 9.17) is 31.5 Å². The summed E-state index contributed by atoms with van der Waals surface area (Å²) in [4.78, 5) is 24.6. The highest BCUT2D eigenvalue weighted by Gasteiger charge is 2.19. The number of nitrogens with two attached hydrogens (primary N) is 1. The van der Waals surface area contributed by atoms with Crippen molar-refractivity contribution in [3.63, 3.8) is 0 Å². The van der Waals surface area contributed by atoms with Gasteiger partial charge in [-0.15, -0.1) is 0 Å². The summed E-state index contributed by atoms with van der Waals surface area (Å²) in [5.41, 5.74) is 6.46. The molecule has 0 fully saturated rings. The highest BCUT2D eigenvalue weighted by Crippen LogP contribution is 2.38. The molecule has 4 rings (SSSR count). The maximum atomic E-state index is 13.0. The molecule has 1 aliphatic heterocycles. The molecule has 1 aromatic heterocycles. The van der Waals surface area contributed by atoms with E-state index in [0.717, 1.165) is 0 Å². The first-order valence-electron chi connectivity index (χ1n) is 9.27. The van der Waals surface area contributed by atoms with Gasteiger partial charge in [-0.1, -0.05) is 11.6 Å². The molecule has 2 heterocycles. The van der Waals surface area contributed by atoms with E-state index < -0.39 is 5.97 Å². The fourth-order valence-corrected chi connectivity index (χ4v) is 3.05. The predicted octanol–water partition coefficient (Wildman–Crippen LogP) is 3.51. The SMILES string of the molecule is Nc1nc(COC(=O)c2cc(Cl)c3c(c2)OCCCO3)nc(Nc2ccc(F)cc2)n1. The van der Waals surface area contributed by atoms with Crippen molar-refractivity contribution < 1.29 is 23.4 Å². The fraction of sp³-hybridized carbons (Fsp3) is 0.200. The molecule has 0 unspecified atom stereocenters. The van der Waals surface area contributed by atoms with Crippen LogP contribution in [0.4, 0.5) is 22.0 Å². The van der Waals surface area contributed by atoms with Crippen LogP contribution in [0.1, 0.15) is 22.6 Å². The number of benzene rings is 2. The monoisotopic (exact) mass is 445 g/mol. The van der Waals surface area contributed by atoms with Crippen LogP contribution in [-0.4, -0.2) is 34.1 Å². The van der Waals surface area contributed by atoms with Gasteiger partial charge in [-0.25, -0.2) is 9.18 Å². The zero-order valence-electron chi connectivity index (χ0n) is 16.1. The van der Waals surface area contributed by atoms with Gasteiger partial charge in [0.25, 0.3) is 0 Å². The number of rotatable bonds is 5. The zero-order chi connectivity index (χ0) is 21.8. The average molecular weight is 446 g/mol. The lowest BCUT2D eigenvalue weighted by atomic mass is 10.2. The third-order valence-corrected chi connectivity index (χ3v) is 4.45. The Morgan fingerprint density at radius 1 is 1.16 bits per heavy atom. The van der Waals surface area contributed by atoms with Gasteiger partial charge < -0.3 is 25.3 Å².